The van der Waals surface area contributed by atoms with E-state index in [1.54, 1.807) is 24.0 Å². The maximum absolute atomic E-state index is 13.3. The molecule has 1 aliphatic heterocycles. The fourth-order valence-corrected chi connectivity index (χ4v) is 4.77. The predicted octanol–water partition coefficient (Wildman–Crippen LogP) is 3.13. The molecule has 2 aromatic rings. The number of rotatable bonds is 4. The largest absolute Gasteiger partial charge is 0.307 e. The molecule has 2 aromatic carbocycles. The smallest absolute Gasteiger partial charge is 0.250 e. The summed E-state index contributed by atoms with van der Waals surface area (Å²) < 4.78 is 26.1. The van der Waals surface area contributed by atoms with Crippen LogP contribution in [0, 0.1) is 6.92 Å². The molecule has 1 heterocycles. The lowest BCUT2D eigenvalue weighted by atomic mass is 10.1. The fourth-order valence-electron chi connectivity index (χ4n) is 3.60. The van der Waals surface area contributed by atoms with Crippen molar-refractivity contribution in [1.82, 2.24) is 0 Å². The number of fused-ring (bicyclic) bond motifs is 1. The van der Waals surface area contributed by atoms with Gasteiger partial charge in [-0.2, -0.15) is 0 Å². The highest BCUT2D eigenvalue weighted by Gasteiger charge is 2.37. The minimum absolute atomic E-state index is 0.00165. The summed E-state index contributed by atoms with van der Waals surface area (Å²) in [4.78, 5) is 15.0. The van der Waals surface area contributed by atoms with E-state index in [-0.39, 0.29) is 11.9 Å². The van der Waals surface area contributed by atoms with Crippen LogP contribution in [0.15, 0.2) is 48.5 Å². The van der Waals surface area contributed by atoms with E-state index in [9.17, 15) is 13.2 Å². The molecule has 2 atom stereocenters. The summed E-state index contributed by atoms with van der Waals surface area (Å²) in [5, 5.41) is 0. The van der Waals surface area contributed by atoms with E-state index in [1.165, 1.54) is 4.31 Å². The fraction of sp³-hybridized carbons (Fsp3) is 0.350. The molecule has 1 aliphatic rings. The highest BCUT2D eigenvalue weighted by atomic mass is 32.2. The Hall–Kier alpha value is -2.34. The van der Waals surface area contributed by atoms with Crippen LogP contribution in [0.4, 0.5) is 11.4 Å². The number of aryl methyl sites for hydroxylation is 1. The van der Waals surface area contributed by atoms with Crippen LogP contribution in [0.3, 0.4) is 0 Å². The Morgan fingerprint density at radius 3 is 2.38 bits per heavy atom. The third-order valence-corrected chi connectivity index (χ3v) is 6.04. The van der Waals surface area contributed by atoms with Gasteiger partial charge in [-0.3, -0.25) is 9.10 Å². The van der Waals surface area contributed by atoms with Gasteiger partial charge in [-0.25, -0.2) is 8.42 Å². The van der Waals surface area contributed by atoms with Gasteiger partial charge in [0.2, 0.25) is 10.0 Å². The lowest BCUT2D eigenvalue weighted by Crippen LogP contribution is -2.51. The first-order chi connectivity index (χ1) is 12.2. The molecule has 0 spiro atoms. The second-order valence-corrected chi connectivity index (χ2v) is 8.82. The van der Waals surface area contributed by atoms with E-state index >= 15 is 0 Å². The van der Waals surface area contributed by atoms with Crippen LogP contribution >= 0.6 is 0 Å². The van der Waals surface area contributed by atoms with Gasteiger partial charge in [-0.05, 0) is 51.0 Å². The van der Waals surface area contributed by atoms with E-state index in [4.69, 9.17) is 0 Å². The number of benzene rings is 2. The molecule has 0 aliphatic carbocycles. The molecule has 6 heteroatoms. The summed E-state index contributed by atoms with van der Waals surface area (Å²) in [6.45, 7) is 5.57. The highest BCUT2D eigenvalue weighted by molar-refractivity contribution is 7.92. The van der Waals surface area contributed by atoms with Crippen molar-refractivity contribution in [2.45, 2.75) is 39.3 Å². The Bertz CT molecular complexity index is 922. The van der Waals surface area contributed by atoms with Crippen LogP contribution < -0.4 is 9.21 Å². The van der Waals surface area contributed by atoms with E-state index < -0.39 is 16.1 Å². The van der Waals surface area contributed by atoms with Crippen LogP contribution in [0.1, 0.15) is 25.0 Å². The maximum Gasteiger partial charge on any atom is 0.250 e. The van der Waals surface area contributed by atoms with Crippen molar-refractivity contribution < 1.29 is 13.2 Å². The first-order valence-electron chi connectivity index (χ1n) is 8.67. The lowest BCUT2D eigenvalue weighted by molar-refractivity contribution is -0.119. The molecule has 0 N–H and O–H groups in total. The third-order valence-electron chi connectivity index (χ3n) is 4.80. The van der Waals surface area contributed by atoms with Crippen LogP contribution in [0.25, 0.3) is 0 Å². The molecule has 0 unspecified atom stereocenters. The average Bonchev–Trinajstić information content (AvgIpc) is 2.90. The van der Waals surface area contributed by atoms with E-state index in [1.807, 2.05) is 50.2 Å². The van der Waals surface area contributed by atoms with E-state index in [0.29, 0.717) is 5.69 Å². The Kier molecular flexibility index (Phi) is 4.80. The molecule has 0 fully saturated rings. The second-order valence-electron chi connectivity index (χ2n) is 6.96. The highest BCUT2D eigenvalue weighted by Crippen LogP contribution is 2.33. The molecule has 138 valence electrons. The van der Waals surface area contributed by atoms with Crippen LogP contribution in [0.2, 0.25) is 0 Å². The average molecular weight is 372 g/mol. The van der Waals surface area contributed by atoms with Crippen LogP contribution in [-0.2, 0) is 21.2 Å². The van der Waals surface area contributed by atoms with Crippen molar-refractivity contribution in [3.8, 4) is 0 Å². The Morgan fingerprint density at radius 1 is 1.15 bits per heavy atom. The van der Waals surface area contributed by atoms with Gasteiger partial charge in [0.15, 0.2) is 0 Å². The van der Waals surface area contributed by atoms with Gasteiger partial charge in [0.05, 0.1) is 11.9 Å². The van der Waals surface area contributed by atoms with Crippen molar-refractivity contribution in [2.75, 3.05) is 15.5 Å². The lowest BCUT2D eigenvalue weighted by Gasteiger charge is -2.33. The quantitative estimate of drug-likeness (QED) is 0.828. The van der Waals surface area contributed by atoms with Crippen molar-refractivity contribution in [1.29, 1.82) is 0 Å². The molecular weight excluding hydrogens is 348 g/mol. The van der Waals surface area contributed by atoms with Crippen molar-refractivity contribution in [3.63, 3.8) is 0 Å². The summed E-state index contributed by atoms with van der Waals surface area (Å²) in [6.07, 6.45) is 1.91. The molecule has 0 aromatic heterocycles. The summed E-state index contributed by atoms with van der Waals surface area (Å²) >= 11 is 0. The van der Waals surface area contributed by atoms with Crippen LogP contribution in [-0.4, -0.2) is 32.7 Å². The number of hydrogen-bond acceptors (Lipinski definition) is 3. The van der Waals surface area contributed by atoms with Gasteiger partial charge in [0.1, 0.15) is 6.04 Å². The van der Waals surface area contributed by atoms with Crippen molar-refractivity contribution in [3.05, 3.63) is 59.7 Å². The van der Waals surface area contributed by atoms with Gasteiger partial charge in [0.25, 0.3) is 5.91 Å². The summed E-state index contributed by atoms with van der Waals surface area (Å²) in [6, 6.07) is 14.1. The number of anilines is 2. The standard InChI is InChI=1S/C20H24N2O3S/c1-14-9-11-18(12-10-14)22(26(4,24)25)16(3)20(23)21-15(2)13-17-7-5-6-8-19(17)21/h5-12,15-16H,13H2,1-4H3/t15-,16+/m0/s1. The number of amides is 1. The second kappa shape index (κ2) is 6.76. The maximum atomic E-state index is 13.3. The predicted molar refractivity (Wildman–Crippen MR) is 105 cm³/mol. The van der Waals surface area contributed by atoms with Gasteiger partial charge in [0, 0.05) is 11.7 Å². The zero-order chi connectivity index (χ0) is 19.1. The molecule has 0 bridgehead atoms. The molecular formula is C20H24N2O3S. The molecule has 26 heavy (non-hydrogen) atoms. The van der Waals surface area contributed by atoms with Crippen LogP contribution in [0.5, 0.6) is 0 Å². The molecule has 5 nitrogen and oxygen atoms in total. The molecule has 0 saturated heterocycles. The zero-order valence-corrected chi connectivity index (χ0v) is 16.3. The minimum Gasteiger partial charge on any atom is -0.307 e. The van der Waals surface area contributed by atoms with Gasteiger partial charge >= 0.3 is 0 Å². The van der Waals surface area contributed by atoms with Crippen molar-refractivity contribution >= 4 is 27.3 Å². The summed E-state index contributed by atoms with van der Waals surface area (Å²) in [5.41, 5.74) is 3.51. The normalized spacial score (nSPS) is 17.7. The first-order valence-corrected chi connectivity index (χ1v) is 10.5. The Balaban J connectivity index is 1.98. The Labute approximate surface area is 155 Å². The molecule has 0 radical (unpaired) electrons. The third kappa shape index (κ3) is 3.33. The summed E-state index contributed by atoms with van der Waals surface area (Å²) in [7, 11) is -3.61. The first kappa shape index (κ1) is 18.5. The molecule has 1 amide bonds. The van der Waals surface area contributed by atoms with Gasteiger partial charge < -0.3 is 4.90 Å². The van der Waals surface area contributed by atoms with E-state index in [2.05, 4.69) is 0 Å². The summed E-state index contributed by atoms with van der Waals surface area (Å²) in [5.74, 6) is -0.214. The topological polar surface area (TPSA) is 57.7 Å². The molecule has 0 saturated carbocycles. The number of para-hydroxylation sites is 1. The minimum atomic E-state index is -3.61. The van der Waals surface area contributed by atoms with E-state index in [0.717, 1.165) is 29.5 Å². The zero-order valence-electron chi connectivity index (χ0n) is 15.5. The SMILES string of the molecule is Cc1ccc(N([C@H](C)C(=O)N2c3ccccc3C[C@@H]2C)S(C)(=O)=O)cc1. The number of nitrogens with zero attached hydrogens (tertiary/aromatic N) is 2. The van der Waals surface area contributed by atoms with Gasteiger partial charge in [-0.1, -0.05) is 35.9 Å². The number of carbonyl (C=O) groups is 1. The number of carbonyl (C=O) groups excluding carboxylic acids is 1. The number of sulfonamides is 1. The monoisotopic (exact) mass is 372 g/mol. The molecule has 3 rings (SSSR count). The van der Waals surface area contributed by atoms with Crippen molar-refractivity contribution in [2.24, 2.45) is 0 Å². The number of hydrogen-bond donors (Lipinski definition) is 0. The Morgan fingerprint density at radius 2 is 1.77 bits per heavy atom. The van der Waals surface area contributed by atoms with Gasteiger partial charge in [-0.15, -0.1) is 0 Å².